The molecule has 2 aromatic heterocycles. The third-order valence-corrected chi connectivity index (χ3v) is 4.85. The Hall–Kier alpha value is -2.56. The third kappa shape index (κ3) is 2.91. The van der Waals surface area contributed by atoms with Crippen molar-refractivity contribution in [2.24, 2.45) is 13.0 Å². The number of benzene rings is 1. The van der Waals surface area contributed by atoms with Crippen molar-refractivity contribution >= 4 is 5.52 Å². The van der Waals surface area contributed by atoms with E-state index in [2.05, 4.69) is 19.9 Å². The summed E-state index contributed by atoms with van der Waals surface area (Å²) in [5.41, 5.74) is 5.79. The van der Waals surface area contributed by atoms with Gasteiger partial charge in [-0.15, -0.1) is 5.10 Å². The monoisotopic (exact) mass is 353 g/mol. The first-order valence-corrected chi connectivity index (χ1v) is 8.98. The van der Waals surface area contributed by atoms with Crippen LogP contribution < -0.4 is 10.3 Å². The lowest BCUT2D eigenvalue weighted by Gasteiger charge is -2.15. The van der Waals surface area contributed by atoms with E-state index < -0.39 is 0 Å². The van der Waals surface area contributed by atoms with Gasteiger partial charge in [0.2, 0.25) is 0 Å². The molecule has 3 aromatic rings. The number of rotatable bonds is 4. The maximum Gasteiger partial charge on any atom is 0.278 e. The normalized spacial score (nSPS) is 11.5. The summed E-state index contributed by atoms with van der Waals surface area (Å²) in [6, 6.07) is 6.04. The highest BCUT2D eigenvalue weighted by Gasteiger charge is 2.19. The number of methoxy groups -OCH3 is 1. The van der Waals surface area contributed by atoms with Crippen molar-refractivity contribution < 1.29 is 4.74 Å². The van der Waals surface area contributed by atoms with E-state index in [1.807, 2.05) is 32.9 Å². The molecule has 0 bridgehead atoms. The molecule has 5 nitrogen and oxygen atoms in total. The fraction of sp³-hybridized carbons (Fsp3) is 0.429. The van der Waals surface area contributed by atoms with Gasteiger partial charge in [0.25, 0.3) is 5.56 Å². The van der Waals surface area contributed by atoms with Gasteiger partial charge >= 0.3 is 0 Å². The Morgan fingerprint density at radius 2 is 1.73 bits per heavy atom. The van der Waals surface area contributed by atoms with E-state index in [1.54, 1.807) is 23.2 Å². The third-order valence-electron chi connectivity index (χ3n) is 4.85. The van der Waals surface area contributed by atoms with Crippen LogP contribution in [0.2, 0.25) is 0 Å². The van der Waals surface area contributed by atoms with Crippen molar-refractivity contribution in [3.63, 3.8) is 0 Å². The van der Waals surface area contributed by atoms with Crippen LogP contribution >= 0.6 is 0 Å². The highest BCUT2D eigenvalue weighted by Crippen LogP contribution is 2.29. The number of hydrogen-bond donors (Lipinski definition) is 0. The Morgan fingerprint density at radius 1 is 1.12 bits per heavy atom. The number of ether oxygens (including phenoxy) is 1. The predicted octanol–water partition coefficient (Wildman–Crippen LogP) is 3.83. The molecule has 3 rings (SSSR count). The molecule has 0 saturated carbocycles. The highest BCUT2D eigenvalue weighted by atomic mass is 16.5. The molecule has 1 aromatic carbocycles. The summed E-state index contributed by atoms with van der Waals surface area (Å²) >= 11 is 0. The minimum Gasteiger partial charge on any atom is -0.497 e. The van der Waals surface area contributed by atoms with Crippen LogP contribution in [0.1, 0.15) is 36.2 Å². The molecule has 26 heavy (non-hydrogen) atoms. The maximum atomic E-state index is 13.2. The molecule has 0 radical (unpaired) electrons. The summed E-state index contributed by atoms with van der Waals surface area (Å²) < 4.78 is 8.83. The number of aromatic nitrogens is 3. The molecule has 5 heteroatoms. The number of aryl methyl sites for hydroxylation is 3. The largest absolute Gasteiger partial charge is 0.497 e. The number of nitrogens with zero attached hydrogens (tertiary/aromatic N) is 3. The van der Waals surface area contributed by atoms with Gasteiger partial charge in [-0.3, -0.25) is 9.36 Å². The van der Waals surface area contributed by atoms with Gasteiger partial charge < -0.3 is 4.74 Å². The summed E-state index contributed by atoms with van der Waals surface area (Å²) in [5.74, 6) is 1.97. The summed E-state index contributed by atoms with van der Waals surface area (Å²) in [7, 11) is 3.46. The van der Waals surface area contributed by atoms with E-state index in [-0.39, 0.29) is 5.56 Å². The van der Waals surface area contributed by atoms with E-state index in [1.165, 1.54) is 0 Å². The predicted molar refractivity (Wildman–Crippen MR) is 105 cm³/mol. The molecular weight excluding hydrogens is 326 g/mol. The van der Waals surface area contributed by atoms with Crippen LogP contribution in [0.25, 0.3) is 16.9 Å². The summed E-state index contributed by atoms with van der Waals surface area (Å²) in [6.45, 7) is 10.4. The SMILES string of the molecule is COc1cc(C)c(-c2nn3c(C)cc(CC(C)C)c3c(=O)n2C)c(C)c1. The molecule has 0 aliphatic rings. The maximum absolute atomic E-state index is 13.2. The lowest BCUT2D eigenvalue weighted by Crippen LogP contribution is -2.24. The lowest BCUT2D eigenvalue weighted by molar-refractivity contribution is 0.414. The van der Waals surface area contributed by atoms with Crippen molar-refractivity contribution in [3.05, 3.63) is 50.9 Å². The molecule has 0 amide bonds. The van der Waals surface area contributed by atoms with Crippen LogP contribution in [-0.2, 0) is 13.5 Å². The minimum atomic E-state index is -0.00614. The van der Waals surface area contributed by atoms with Gasteiger partial charge in [-0.1, -0.05) is 13.8 Å². The quantitative estimate of drug-likeness (QED) is 0.716. The van der Waals surface area contributed by atoms with E-state index in [9.17, 15) is 4.79 Å². The molecule has 0 spiro atoms. The summed E-state index contributed by atoms with van der Waals surface area (Å²) in [6.07, 6.45) is 0.869. The molecule has 2 heterocycles. The van der Waals surface area contributed by atoms with E-state index in [0.717, 1.165) is 40.1 Å². The van der Waals surface area contributed by atoms with Crippen molar-refractivity contribution in [1.82, 2.24) is 14.2 Å². The fourth-order valence-corrected chi connectivity index (χ4v) is 3.68. The first-order chi connectivity index (χ1) is 12.2. The van der Waals surface area contributed by atoms with Gasteiger partial charge in [-0.05, 0) is 68.0 Å². The van der Waals surface area contributed by atoms with Crippen molar-refractivity contribution in [2.75, 3.05) is 7.11 Å². The lowest BCUT2D eigenvalue weighted by atomic mass is 10.0. The zero-order valence-corrected chi connectivity index (χ0v) is 16.7. The Kier molecular flexibility index (Phi) is 4.65. The smallest absolute Gasteiger partial charge is 0.278 e. The molecule has 0 unspecified atom stereocenters. The number of hydrogen-bond acceptors (Lipinski definition) is 3. The van der Waals surface area contributed by atoms with Crippen LogP contribution in [0.5, 0.6) is 5.75 Å². The zero-order valence-electron chi connectivity index (χ0n) is 16.7. The van der Waals surface area contributed by atoms with Crippen LogP contribution in [0.4, 0.5) is 0 Å². The van der Waals surface area contributed by atoms with E-state index in [4.69, 9.17) is 9.84 Å². The molecule has 0 atom stereocenters. The Bertz CT molecular complexity index is 1020. The van der Waals surface area contributed by atoms with Gasteiger partial charge in [-0.25, -0.2) is 4.52 Å². The second-order valence-corrected chi connectivity index (χ2v) is 7.49. The molecule has 0 aliphatic carbocycles. The number of fused-ring (bicyclic) bond motifs is 1. The van der Waals surface area contributed by atoms with Crippen molar-refractivity contribution in [2.45, 2.75) is 41.0 Å². The van der Waals surface area contributed by atoms with Gasteiger partial charge in [0.05, 0.1) is 7.11 Å². The van der Waals surface area contributed by atoms with Crippen molar-refractivity contribution in [1.29, 1.82) is 0 Å². The Balaban J connectivity index is 2.32. The molecule has 0 aliphatic heterocycles. The fourth-order valence-electron chi connectivity index (χ4n) is 3.68. The molecular formula is C21H27N3O2. The summed E-state index contributed by atoms with van der Waals surface area (Å²) in [5, 5.41) is 4.85. The van der Waals surface area contributed by atoms with E-state index >= 15 is 0 Å². The standard InChI is InChI=1S/C21H27N3O2/c1-12(2)8-16-11-15(5)24-19(16)21(25)23(6)20(22-24)18-13(3)9-17(26-7)10-14(18)4/h9-12H,8H2,1-7H3. The minimum absolute atomic E-state index is 0.00614. The second-order valence-electron chi connectivity index (χ2n) is 7.49. The van der Waals surface area contributed by atoms with Crippen molar-refractivity contribution in [3.8, 4) is 17.1 Å². The molecule has 0 N–H and O–H groups in total. The van der Waals surface area contributed by atoms with Crippen LogP contribution in [0, 0.1) is 26.7 Å². The average Bonchev–Trinajstić information content (AvgIpc) is 2.86. The first kappa shape index (κ1) is 18.2. The molecule has 138 valence electrons. The van der Waals surface area contributed by atoms with Crippen LogP contribution in [-0.4, -0.2) is 21.3 Å². The average molecular weight is 353 g/mol. The molecule has 0 saturated heterocycles. The van der Waals surface area contributed by atoms with Gasteiger partial charge in [-0.2, -0.15) is 0 Å². The second kappa shape index (κ2) is 6.63. The summed E-state index contributed by atoms with van der Waals surface area (Å²) in [4.78, 5) is 13.2. The van der Waals surface area contributed by atoms with Gasteiger partial charge in [0.15, 0.2) is 5.82 Å². The first-order valence-electron chi connectivity index (χ1n) is 8.98. The topological polar surface area (TPSA) is 48.5 Å². The molecule has 0 fully saturated rings. The Morgan fingerprint density at radius 3 is 2.27 bits per heavy atom. The zero-order chi connectivity index (χ0) is 19.2. The Labute approximate surface area is 154 Å². The van der Waals surface area contributed by atoms with Crippen LogP contribution in [0.3, 0.4) is 0 Å². The van der Waals surface area contributed by atoms with E-state index in [0.29, 0.717) is 17.3 Å². The van der Waals surface area contributed by atoms with Gasteiger partial charge in [0.1, 0.15) is 11.3 Å². The highest BCUT2D eigenvalue weighted by molar-refractivity contribution is 5.68. The van der Waals surface area contributed by atoms with Gasteiger partial charge in [0, 0.05) is 18.3 Å². The van der Waals surface area contributed by atoms with Crippen LogP contribution in [0.15, 0.2) is 23.0 Å².